The summed E-state index contributed by atoms with van der Waals surface area (Å²) < 4.78 is 2.15. The average Bonchev–Trinajstić information content (AvgIpc) is 3.29. The molecule has 0 saturated heterocycles. The number of aryl methyl sites for hydroxylation is 1. The second kappa shape index (κ2) is 7.35. The van der Waals surface area contributed by atoms with Crippen LogP contribution in [0.25, 0.3) is 21.7 Å². The monoisotopic (exact) mass is 415 g/mol. The Hall–Kier alpha value is -2.34. The molecule has 0 radical (unpaired) electrons. The molecule has 4 nitrogen and oxygen atoms in total. The van der Waals surface area contributed by atoms with E-state index in [2.05, 4.69) is 22.9 Å². The van der Waals surface area contributed by atoms with Gasteiger partial charge >= 0.3 is 0 Å². The fourth-order valence-corrected chi connectivity index (χ4v) is 4.20. The van der Waals surface area contributed by atoms with Crippen molar-refractivity contribution in [1.29, 1.82) is 0 Å². The third-order valence-electron chi connectivity index (χ3n) is 4.22. The van der Waals surface area contributed by atoms with E-state index in [1.165, 1.54) is 11.3 Å². The molecule has 7 heteroatoms. The first-order valence-corrected chi connectivity index (χ1v) is 9.96. The molecule has 0 atom stereocenters. The van der Waals surface area contributed by atoms with Gasteiger partial charge in [0.25, 0.3) is 5.91 Å². The minimum absolute atomic E-state index is 0.227. The number of hydrogen-bond acceptors (Lipinski definition) is 3. The highest BCUT2D eigenvalue weighted by atomic mass is 35.5. The summed E-state index contributed by atoms with van der Waals surface area (Å²) in [7, 11) is 0. The Morgan fingerprint density at radius 3 is 2.74 bits per heavy atom. The fourth-order valence-electron chi connectivity index (χ4n) is 2.95. The molecule has 1 amide bonds. The number of aromatic nitrogens is 2. The second-order valence-corrected chi connectivity index (χ2v) is 7.76. The van der Waals surface area contributed by atoms with Gasteiger partial charge in [0.05, 0.1) is 36.5 Å². The summed E-state index contributed by atoms with van der Waals surface area (Å²) in [4.78, 5) is 18.9. The number of fused-ring (bicyclic) bond motifs is 1. The lowest BCUT2D eigenvalue weighted by Crippen LogP contribution is -2.10. The summed E-state index contributed by atoms with van der Waals surface area (Å²) in [5.41, 5.74) is 2.52. The van der Waals surface area contributed by atoms with Crippen LogP contribution in [0.3, 0.4) is 0 Å². The minimum atomic E-state index is -0.227. The Balaban J connectivity index is 1.66. The predicted molar refractivity (Wildman–Crippen MR) is 113 cm³/mol. The van der Waals surface area contributed by atoms with Gasteiger partial charge in [0.2, 0.25) is 0 Å². The first-order chi connectivity index (χ1) is 13.1. The van der Waals surface area contributed by atoms with Crippen LogP contribution in [0.5, 0.6) is 0 Å². The Kier molecular flexibility index (Phi) is 4.91. The van der Waals surface area contributed by atoms with Crippen molar-refractivity contribution in [1.82, 2.24) is 9.55 Å². The van der Waals surface area contributed by atoms with Crippen LogP contribution in [-0.2, 0) is 6.54 Å². The summed E-state index contributed by atoms with van der Waals surface area (Å²) in [6, 6.07) is 16.9. The van der Waals surface area contributed by atoms with Crippen molar-refractivity contribution in [3.8, 4) is 10.7 Å². The van der Waals surface area contributed by atoms with E-state index in [-0.39, 0.29) is 5.91 Å². The summed E-state index contributed by atoms with van der Waals surface area (Å²) in [5.74, 6) is 0.637. The summed E-state index contributed by atoms with van der Waals surface area (Å²) in [5, 5.41) is 3.55. The Labute approximate surface area is 170 Å². The number of anilines is 1. The van der Waals surface area contributed by atoms with Gasteiger partial charge in [0.1, 0.15) is 0 Å². The van der Waals surface area contributed by atoms with Crippen LogP contribution in [0.2, 0.25) is 10.0 Å². The zero-order valence-electron chi connectivity index (χ0n) is 14.4. The first-order valence-electron chi connectivity index (χ1n) is 8.39. The molecule has 2 heterocycles. The van der Waals surface area contributed by atoms with Gasteiger partial charge in [-0.25, -0.2) is 4.98 Å². The topological polar surface area (TPSA) is 46.9 Å². The van der Waals surface area contributed by atoms with Crippen molar-refractivity contribution in [3.63, 3.8) is 0 Å². The maximum atomic E-state index is 12.6. The normalized spacial score (nSPS) is 11.1. The van der Waals surface area contributed by atoms with E-state index < -0.39 is 0 Å². The largest absolute Gasteiger partial charge is 0.324 e. The van der Waals surface area contributed by atoms with Gasteiger partial charge in [-0.1, -0.05) is 41.4 Å². The van der Waals surface area contributed by atoms with Gasteiger partial charge in [0.15, 0.2) is 5.82 Å². The van der Waals surface area contributed by atoms with E-state index in [0.717, 1.165) is 28.3 Å². The van der Waals surface area contributed by atoms with Crippen LogP contribution in [0, 0.1) is 0 Å². The third-order valence-corrected chi connectivity index (χ3v) is 6.12. The van der Waals surface area contributed by atoms with Gasteiger partial charge < -0.3 is 9.88 Å². The lowest BCUT2D eigenvalue weighted by molar-refractivity contribution is 0.103. The molecule has 0 saturated carbocycles. The molecule has 4 aromatic rings. The summed E-state index contributed by atoms with van der Waals surface area (Å²) in [6.07, 6.45) is 0. The van der Waals surface area contributed by atoms with E-state index in [4.69, 9.17) is 28.2 Å². The predicted octanol–water partition coefficient (Wildman–Crippen LogP) is 6.34. The number of amides is 1. The fraction of sp³-hybridized carbons (Fsp3) is 0.100. The quantitative estimate of drug-likeness (QED) is 0.422. The molecule has 0 aliphatic heterocycles. The van der Waals surface area contributed by atoms with Crippen LogP contribution in [0.4, 0.5) is 5.69 Å². The third kappa shape index (κ3) is 3.34. The van der Waals surface area contributed by atoms with E-state index in [9.17, 15) is 4.79 Å². The van der Waals surface area contributed by atoms with Gasteiger partial charge in [-0.2, -0.15) is 0 Å². The van der Waals surface area contributed by atoms with Crippen LogP contribution in [0.1, 0.15) is 16.6 Å². The number of halogens is 2. The zero-order valence-corrected chi connectivity index (χ0v) is 16.7. The number of imidazole rings is 1. The number of benzene rings is 2. The van der Waals surface area contributed by atoms with Gasteiger partial charge in [-0.05, 0) is 43.3 Å². The van der Waals surface area contributed by atoms with E-state index in [1.807, 2.05) is 24.3 Å². The van der Waals surface area contributed by atoms with Crippen LogP contribution in [0.15, 0.2) is 54.6 Å². The van der Waals surface area contributed by atoms with Crippen LogP contribution in [-0.4, -0.2) is 15.5 Å². The Morgan fingerprint density at radius 1 is 1.11 bits per heavy atom. The highest BCUT2D eigenvalue weighted by Gasteiger charge is 2.17. The minimum Gasteiger partial charge on any atom is -0.324 e. The van der Waals surface area contributed by atoms with Crippen LogP contribution < -0.4 is 5.32 Å². The number of nitrogens with zero attached hydrogens (tertiary/aromatic N) is 2. The van der Waals surface area contributed by atoms with Gasteiger partial charge in [0, 0.05) is 6.54 Å². The number of hydrogen-bond donors (Lipinski definition) is 1. The van der Waals surface area contributed by atoms with Gasteiger partial charge in [-0.15, -0.1) is 11.3 Å². The smallest absolute Gasteiger partial charge is 0.265 e. The number of rotatable bonds is 4. The molecule has 2 aromatic heterocycles. The molecule has 0 aliphatic carbocycles. The van der Waals surface area contributed by atoms with Crippen molar-refractivity contribution in [2.45, 2.75) is 13.5 Å². The van der Waals surface area contributed by atoms with Crippen molar-refractivity contribution in [2.75, 3.05) is 5.32 Å². The van der Waals surface area contributed by atoms with E-state index >= 15 is 0 Å². The lowest BCUT2D eigenvalue weighted by Gasteiger charge is -2.07. The van der Waals surface area contributed by atoms with Crippen molar-refractivity contribution < 1.29 is 4.79 Å². The van der Waals surface area contributed by atoms with Crippen molar-refractivity contribution >= 4 is 57.2 Å². The highest BCUT2D eigenvalue weighted by Crippen LogP contribution is 2.33. The summed E-state index contributed by atoms with van der Waals surface area (Å²) in [6.45, 7) is 2.88. The molecular formula is C20H15Cl2N3OS. The number of thiophene rings is 1. The molecule has 0 bridgehead atoms. The van der Waals surface area contributed by atoms with Crippen molar-refractivity contribution in [2.24, 2.45) is 0 Å². The lowest BCUT2D eigenvalue weighted by atomic mass is 10.3. The average molecular weight is 416 g/mol. The van der Waals surface area contributed by atoms with Crippen LogP contribution >= 0.6 is 34.5 Å². The van der Waals surface area contributed by atoms with Gasteiger partial charge in [-0.3, -0.25) is 4.79 Å². The Morgan fingerprint density at radius 2 is 1.93 bits per heavy atom. The molecule has 27 heavy (non-hydrogen) atoms. The molecular weight excluding hydrogens is 401 g/mol. The molecule has 1 N–H and O–H groups in total. The number of nitrogens with one attached hydrogen (secondary N) is 1. The van der Waals surface area contributed by atoms with Crippen molar-refractivity contribution in [3.05, 3.63) is 69.5 Å². The molecule has 0 aliphatic rings. The molecule has 136 valence electrons. The molecule has 4 rings (SSSR count). The van der Waals surface area contributed by atoms with E-state index in [0.29, 0.717) is 20.6 Å². The number of para-hydroxylation sites is 2. The first kappa shape index (κ1) is 18.0. The standard InChI is InChI=1S/C20H15Cl2N3OS/c1-2-25-15-9-4-3-7-13(15)23-19(25)16-10-11-17(27-16)20(26)24-14-8-5-6-12(21)18(14)22/h3-11H,2H2,1H3,(H,24,26). The highest BCUT2D eigenvalue weighted by molar-refractivity contribution is 7.17. The summed E-state index contributed by atoms with van der Waals surface area (Å²) >= 11 is 13.6. The maximum Gasteiger partial charge on any atom is 0.265 e. The molecule has 0 unspecified atom stereocenters. The maximum absolute atomic E-state index is 12.6. The SMILES string of the molecule is CCn1c(-c2ccc(C(=O)Nc3cccc(Cl)c3Cl)s2)nc2ccccc21. The number of carbonyl (C=O) groups excluding carboxylic acids is 1. The Bertz CT molecular complexity index is 1150. The zero-order chi connectivity index (χ0) is 19.0. The second-order valence-electron chi connectivity index (χ2n) is 5.89. The number of carbonyl (C=O) groups is 1. The molecule has 2 aromatic carbocycles. The van der Waals surface area contributed by atoms with E-state index in [1.54, 1.807) is 24.3 Å². The molecule has 0 spiro atoms. The molecule has 0 fully saturated rings.